The average molecular weight is 424 g/mol. The van der Waals surface area contributed by atoms with E-state index in [1.165, 1.54) is 14.0 Å². The number of ketones is 1. The molecule has 2 aromatic rings. The number of ether oxygens (including phenoxy) is 2. The van der Waals surface area contributed by atoms with Gasteiger partial charge in [-0.15, -0.1) is 0 Å². The number of carbonyl (C=O) groups is 2. The summed E-state index contributed by atoms with van der Waals surface area (Å²) in [6.45, 7) is 4.59. The fraction of sp³-hybridized carbons (Fsp3) is 0.375. The summed E-state index contributed by atoms with van der Waals surface area (Å²) in [5.41, 5.74) is 8.71. The molecule has 1 unspecified atom stereocenters. The fourth-order valence-corrected chi connectivity index (χ4v) is 3.69. The number of Topliss-reactive ketones (excluding diaryl/α,β-unsaturated/α-hetero) is 1. The third-order valence-electron chi connectivity index (χ3n) is 5.42. The molecule has 7 nitrogen and oxygen atoms in total. The predicted octanol–water partition coefficient (Wildman–Crippen LogP) is 3.57. The number of hydrogen-bond acceptors (Lipinski definition) is 5. The number of amides is 1. The SMILES string of the molecule is CCCOC[C@H]1CC(C(=O)N(C)C(=N)N)c2cc(-c3cccc(C(C)=O)c3)ccc2O1. The second kappa shape index (κ2) is 9.75. The molecular weight excluding hydrogens is 394 g/mol. The molecule has 7 heteroatoms. The Labute approximate surface area is 182 Å². The molecule has 0 radical (unpaired) electrons. The highest BCUT2D eigenvalue weighted by Crippen LogP contribution is 2.40. The van der Waals surface area contributed by atoms with E-state index < -0.39 is 5.92 Å². The molecule has 0 spiro atoms. The van der Waals surface area contributed by atoms with E-state index in [9.17, 15) is 9.59 Å². The van der Waals surface area contributed by atoms with Crippen molar-refractivity contribution in [2.24, 2.45) is 5.73 Å². The number of rotatable bonds is 7. The van der Waals surface area contributed by atoms with Crippen LogP contribution in [0.15, 0.2) is 42.5 Å². The second-order valence-corrected chi connectivity index (χ2v) is 7.78. The Kier molecular flexibility index (Phi) is 7.07. The lowest BCUT2D eigenvalue weighted by atomic mass is 9.86. The van der Waals surface area contributed by atoms with E-state index in [2.05, 4.69) is 0 Å². The number of likely N-dealkylation sites (N-methyl/N-ethyl adjacent to an activating group) is 1. The summed E-state index contributed by atoms with van der Waals surface area (Å²) in [5.74, 6) is -0.453. The molecule has 1 amide bonds. The lowest BCUT2D eigenvalue weighted by Gasteiger charge is -2.33. The van der Waals surface area contributed by atoms with Crippen LogP contribution in [0, 0.1) is 5.41 Å². The Balaban J connectivity index is 1.98. The van der Waals surface area contributed by atoms with Crippen molar-refractivity contribution in [2.75, 3.05) is 20.3 Å². The van der Waals surface area contributed by atoms with Crippen molar-refractivity contribution in [2.45, 2.75) is 38.7 Å². The highest BCUT2D eigenvalue weighted by Gasteiger charge is 2.35. The van der Waals surface area contributed by atoms with Crippen LogP contribution in [0.25, 0.3) is 11.1 Å². The Hall–Kier alpha value is -3.19. The van der Waals surface area contributed by atoms with Crippen LogP contribution in [0.1, 0.15) is 48.5 Å². The van der Waals surface area contributed by atoms with E-state index in [1.807, 2.05) is 43.3 Å². The topological polar surface area (TPSA) is 106 Å². The van der Waals surface area contributed by atoms with Gasteiger partial charge >= 0.3 is 0 Å². The summed E-state index contributed by atoms with van der Waals surface area (Å²) in [5, 5.41) is 7.65. The van der Waals surface area contributed by atoms with Gasteiger partial charge in [-0.05, 0) is 42.7 Å². The van der Waals surface area contributed by atoms with Crippen molar-refractivity contribution < 1.29 is 19.1 Å². The van der Waals surface area contributed by atoms with Gasteiger partial charge in [-0.3, -0.25) is 19.9 Å². The molecule has 3 rings (SSSR count). The number of carbonyl (C=O) groups excluding carboxylic acids is 2. The van der Waals surface area contributed by atoms with Crippen molar-refractivity contribution in [3.63, 3.8) is 0 Å². The number of nitrogens with two attached hydrogens (primary N) is 1. The van der Waals surface area contributed by atoms with E-state index >= 15 is 0 Å². The van der Waals surface area contributed by atoms with E-state index in [4.69, 9.17) is 20.6 Å². The molecule has 0 bridgehead atoms. The van der Waals surface area contributed by atoms with Gasteiger partial charge in [-0.1, -0.05) is 31.2 Å². The van der Waals surface area contributed by atoms with E-state index in [-0.39, 0.29) is 23.8 Å². The van der Waals surface area contributed by atoms with Gasteiger partial charge in [0.1, 0.15) is 11.9 Å². The van der Waals surface area contributed by atoms with Crippen molar-refractivity contribution in [3.05, 3.63) is 53.6 Å². The van der Waals surface area contributed by atoms with Gasteiger partial charge in [-0.2, -0.15) is 0 Å². The van der Waals surface area contributed by atoms with Crippen LogP contribution in [0.4, 0.5) is 0 Å². The summed E-state index contributed by atoms with van der Waals surface area (Å²) in [4.78, 5) is 26.1. The molecule has 1 aliphatic rings. The fourth-order valence-electron chi connectivity index (χ4n) is 3.69. The number of benzene rings is 2. The zero-order valence-electron chi connectivity index (χ0n) is 18.2. The monoisotopic (exact) mass is 423 g/mol. The highest BCUT2D eigenvalue weighted by molar-refractivity contribution is 5.98. The molecule has 2 aromatic carbocycles. The molecular formula is C24H29N3O4. The largest absolute Gasteiger partial charge is 0.488 e. The molecule has 0 saturated carbocycles. The van der Waals surface area contributed by atoms with Gasteiger partial charge < -0.3 is 15.2 Å². The molecule has 1 aliphatic heterocycles. The summed E-state index contributed by atoms with van der Waals surface area (Å²) in [6, 6.07) is 13.1. The van der Waals surface area contributed by atoms with Crippen LogP contribution in [0.2, 0.25) is 0 Å². The van der Waals surface area contributed by atoms with Crippen molar-refractivity contribution in [1.29, 1.82) is 5.41 Å². The zero-order chi connectivity index (χ0) is 22.5. The normalized spacial score (nSPS) is 17.4. The maximum Gasteiger partial charge on any atom is 0.236 e. The smallest absolute Gasteiger partial charge is 0.236 e. The Bertz CT molecular complexity index is 989. The average Bonchev–Trinajstić information content (AvgIpc) is 2.77. The van der Waals surface area contributed by atoms with Gasteiger partial charge in [0, 0.05) is 31.2 Å². The lowest BCUT2D eigenvalue weighted by Crippen LogP contribution is -2.43. The van der Waals surface area contributed by atoms with Gasteiger partial charge in [0.15, 0.2) is 11.7 Å². The van der Waals surface area contributed by atoms with Gasteiger partial charge in [0.25, 0.3) is 0 Å². The van der Waals surface area contributed by atoms with Gasteiger partial charge in [0.2, 0.25) is 5.91 Å². The summed E-state index contributed by atoms with van der Waals surface area (Å²) < 4.78 is 11.8. The minimum Gasteiger partial charge on any atom is -0.488 e. The van der Waals surface area contributed by atoms with Crippen molar-refractivity contribution in [1.82, 2.24) is 4.90 Å². The van der Waals surface area contributed by atoms with Gasteiger partial charge in [-0.25, -0.2) is 0 Å². The van der Waals surface area contributed by atoms with Gasteiger partial charge in [0.05, 0.1) is 12.5 Å². The van der Waals surface area contributed by atoms with Crippen LogP contribution in [0.3, 0.4) is 0 Å². The predicted molar refractivity (Wildman–Crippen MR) is 119 cm³/mol. The number of hydrogen-bond donors (Lipinski definition) is 2. The maximum absolute atomic E-state index is 13.1. The zero-order valence-corrected chi connectivity index (χ0v) is 18.2. The standard InChI is InChI=1S/C24H29N3O4/c1-4-10-30-14-19-13-21(23(29)27(3)24(25)26)20-12-18(8-9-22(20)31-19)17-7-5-6-16(11-17)15(2)28/h5-9,11-12,19,21H,4,10,13-14H2,1-3H3,(H3,25,26)/t19-,21?/m1/s1. The van der Waals surface area contributed by atoms with Crippen LogP contribution in [0.5, 0.6) is 5.75 Å². The Morgan fingerprint density at radius 1 is 1.23 bits per heavy atom. The summed E-state index contributed by atoms with van der Waals surface area (Å²) in [6.07, 6.45) is 1.08. The molecule has 164 valence electrons. The quantitative estimate of drug-likeness (QED) is 0.306. The maximum atomic E-state index is 13.1. The first-order valence-electron chi connectivity index (χ1n) is 10.4. The number of fused-ring (bicyclic) bond motifs is 1. The van der Waals surface area contributed by atoms with E-state index in [0.29, 0.717) is 30.9 Å². The molecule has 0 fully saturated rings. The van der Waals surface area contributed by atoms with Crippen molar-refractivity contribution in [3.8, 4) is 16.9 Å². The third kappa shape index (κ3) is 5.11. The third-order valence-corrected chi connectivity index (χ3v) is 5.42. The molecule has 0 aromatic heterocycles. The first kappa shape index (κ1) is 22.5. The molecule has 0 saturated heterocycles. The molecule has 1 heterocycles. The van der Waals surface area contributed by atoms with Crippen molar-refractivity contribution >= 4 is 17.6 Å². The summed E-state index contributed by atoms with van der Waals surface area (Å²) >= 11 is 0. The number of guanidine groups is 1. The number of nitrogens with one attached hydrogen (secondary N) is 1. The molecule has 0 aliphatic carbocycles. The molecule has 31 heavy (non-hydrogen) atoms. The van der Waals surface area contributed by atoms with Crippen LogP contribution >= 0.6 is 0 Å². The molecule has 3 N–H and O–H groups in total. The first-order valence-corrected chi connectivity index (χ1v) is 10.4. The Morgan fingerprint density at radius 2 is 1.97 bits per heavy atom. The number of nitrogens with zero attached hydrogens (tertiary/aromatic N) is 1. The summed E-state index contributed by atoms with van der Waals surface area (Å²) in [7, 11) is 1.50. The van der Waals surface area contributed by atoms with Crippen LogP contribution < -0.4 is 10.5 Å². The van der Waals surface area contributed by atoms with E-state index in [0.717, 1.165) is 28.0 Å². The lowest BCUT2D eigenvalue weighted by molar-refractivity contribution is -0.129. The second-order valence-electron chi connectivity index (χ2n) is 7.78. The Morgan fingerprint density at radius 3 is 2.65 bits per heavy atom. The highest BCUT2D eigenvalue weighted by atomic mass is 16.5. The molecule has 2 atom stereocenters. The van der Waals surface area contributed by atoms with Crippen LogP contribution in [-0.2, 0) is 9.53 Å². The van der Waals surface area contributed by atoms with E-state index in [1.54, 1.807) is 6.07 Å². The minimum atomic E-state index is -0.510. The minimum absolute atomic E-state index is 0.00537. The first-order chi connectivity index (χ1) is 14.8. The van der Waals surface area contributed by atoms with Crippen LogP contribution in [-0.4, -0.2) is 48.9 Å².